The largest absolute Gasteiger partial charge is 0.378 e. The van der Waals surface area contributed by atoms with Crippen molar-refractivity contribution >= 4 is 29.5 Å². The molecule has 0 aliphatic heterocycles. The van der Waals surface area contributed by atoms with Crippen LogP contribution in [0.3, 0.4) is 0 Å². The molecule has 7 N–H and O–H groups in total. The van der Waals surface area contributed by atoms with Gasteiger partial charge < -0.3 is 41.8 Å². The fourth-order valence-corrected chi connectivity index (χ4v) is 2.62. The molecule has 0 aliphatic rings. The maximum atomic E-state index is 12.5. The Bertz CT molecular complexity index is 822. The number of likely N-dealkylation sites (N-methyl/N-ethyl adjacent to an activating group) is 1. The molecular formula is C22H34N6O7. The van der Waals surface area contributed by atoms with Gasteiger partial charge in [0.05, 0.1) is 39.5 Å². The van der Waals surface area contributed by atoms with Crippen LogP contribution in [0.25, 0.3) is 0 Å². The zero-order valence-electron chi connectivity index (χ0n) is 19.8. The van der Waals surface area contributed by atoms with Crippen LogP contribution >= 0.6 is 0 Å². The molecule has 13 heteroatoms. The quantitative estimate of drug-likeness (QED) is 0.122. The Morgan fingerprint density at radius 1 is 0.800 bits per heavy atom. The van der Waals surface area contributed by atoms with Gasteiger partial charge in [0.25, 0.3) is 0 Å². The second-order valence-electron chi connectivity index (χ2n) is 7.21. The normalized spacial score (nSPS) is 11.1. The predicted molar refractivity (Wildman–Crippen MR) is 126 cm³/mol. The molecule has 1 atom stereocenters. The van der Waals surface area contributed by atoms with Crippen LogP contribution < -0.4 is 32.3 Å². The van der Waals surface area contributed by atoms with Crippen LogP contribution in [0.5, 0.6) is 0 Å². The Kier molecular flexibility index (Phi) is 15.0. The highest BCUT2D eigenvalue weighted by molar-refractivity contribution is 5.92. The monoisotopic (exact) mass is 494 g/mol. The highest BCUT2D eigenvalue weighted by Gasteiger charge is 2.22. The Hall–Kier alpha value is -3.55. The molecule has 0 saturated carbocycles. The molecule has 194 valence electrons. The van der Waals surface area contributed by atoms with Gasteiger partial charge in [0.15, 0.2) is 0 Å². The van der Waals surface area contributed by atoms with Crippen molar-refractivity contribution in [3.05, 3.63) is 35.9 Å². The van der Waals surface area contributed by atoms with Crippen LogP contribution in [0.15, 0.2) is 30.3 Å². The summed E-state index contributed by atoms with van der Waals surface area (Å²) in [6.45, 7) is 0.0688. The van der Waals surface area contributed by atoms with Crippen LogP contribution in [0.4, 0.5) is 0 Å². The van der Waals surface area contributed by atoms with Gasteiger partial charge >= 0.3 is 0 Å². The van der Waals surface area contributed by atoms with Gasteiger partial charge in [-0.25, -0.2) is 0 Å². The first-order chi connectivity index (χ1) is 16.8. The summed E-state index contributed by atoms with van der Waals surface area (Å²) < 4.78 is 10.2. The van der Waals surface area contributed by atoms with Crippen LogP contribution in [0.1, 0.15) is 5.56 Å². The van der Waals surface area contributed by atoms with E-state index >= 15 is 0 Å². The minimum Gasteiger partial charge on any atom is -0.378 e. The van der Waals surface area contributed by atoms with E-state index in [9.17, 15) is 24.0 Å². The summed E-state index contributed by atoms with van der Waals surface area (Å²) in [5.41, 5.74) is 6.07. The number of amides is 5. The molecule has 0 unspecified atom stereocenters. The molecule has 0 bridgehead atoms. The summed E-state index contributed by atoms with van der Waals surface area (Å²) in [6, 6.07) is 8.05. The number of ether oxygens (including phenoxy) is 2. The lowest BCUT2D eigenvalue weighted by molar-refractivity contribution is -0.131. The number of benzene rings is 1. The first kappa shape index (κ1) is 29.5. The minimum atomic E-state index is -0.961. The molecule has 5 amide bonds. The molecule has 0 heterocycles. The van der Waals surface area contributed by atoms with Gasteiger partial charge in [-0.2, -0.15) is 0 Å². The van der Waals surface area contributed by atoms with E-state index in [1.165, 1.54) is 7.05 Å². The number of carbonyl (C=O) groups is 5. The first-order valence-electron chi connectivity index (χ1n) is 11.1. The predicted octanol–water partition coefficient (Wildman–Crippen LogP) is -3.20. The van der Waals surface area contributed by atoms with E-state index in [-0.39, 0.29) is 38.6 Å². The third-order valence-electron chi connectivity index (χ3n) is 4.40. The summed E-state index contributed by atoms with van der Waals surface area (Å²) in [4.78, 5) is 59.8. The Balaban J connectivity index is 2.41. The molecule has 13 nitrogen and oxygen atoms in total. The van der Waals surface area contributed by atoms with Crippen molar-refractivity contribution in [3.8, 4) is 0 Å². The highest BCUT2D eigenvalue weighted by atomic mass is 16.5. The van der Waals surface area contributed by atoms with E-state index in [4.69, 9.17) is 15.2 Å². The van der Waals surface area contributed by atoms with E-state index < -0.39 is 36.2 Å². The zero-order chi connectivity index (χ0) is 25.9. The molecule has 0 aromatic heterocycles. The number of carbonyl (C=O) groups excluding carboxylic acids is 5. The van der Waals surface area contributed by atoms with Crippen LogP contribution in [0, 0.1) is 0 Å². The number of hydrogen-bond donors (Lipinski definition) is 6. The number of nitrogens with one attached hydrogen (secondary N) is 5. The fraction of sp³-hybridized carbons (Fsp3) is 0.500. The molecule has 1 aromatic carbocycles. The maximum Gasteiger partial charge on any atom is 0.246 e. The van der Waals surface area contributed by atoms with Crippen molar-refractivity contribution in [3.63, 3.8) is 0 Å². The van der Waals surface area contributed by atoms with E-state index in [2.05, 4.69) is 26.6 Å². The summed E-state index contributed by atoms with van der Waals surface area (Å²) in [6.07, 6.45) is 0.188. The second kappa shape index (κ2) is 17.9. The molecule has 35 heavy (non-hydrogen) atoms. The number of nitrogens with two attached hydrogens (primary N) is 1. The van der Waals surface area contributed by atoms with Crippen LogP contribution in [0.2, 0.25) is 0 Å². The highest BCUT2D eigenvalue weighted by Crippen LogP contribution is 2.03. The molecule has 0 saturated heterocycles. The van der Waals surface area contributed by atoms with E-state index in [1.807, 2.05) is 6.07 Å². The molecule has 1 aromatic rings. The van der Waals surface area contributed by atoms with Crippen molar-refractivity contribution in [1.29, 1.82) is 0 Å². The van der Waals surface area contributed by atoms with Crippen LogP contribution in [-0.4, -0.2) is 95.2 Å². The SMILES string of the molecule is CNC(=O)CNC(=O)[C@H](Cc1ccccc1)NC(=O)CNC(=O)CNC(=O)COCCOCCN. The molecule has 0 aliphatic carbocycles. The van der Waals surface area contributed by atoms with Crippen molar-refractivity contribution in [2.24, 2.45) is 5.73 Å². The lowest BCUT2D eigenvalue weighted by atomic mass is 10.1. The van der Waals surface area contributed by atoms with Gasteiger partial charge in [-0.15, -0.1) is 0 Å². The average Bonchev–Trinajstić information content (AvgIpc) is 2.86. The number of hydrogen-bond acceptors (Lipinski definition) is 8. The Morgan fingerprint density at radius 3 is 2.11 bits per heavy atom. The Labute approximate surface area is 203 Å². The average molecular weight is 495 g/mol. The third-order valence-corrected chi connectivity index (χ3v) is 4.40. The number of rotatable bonds is 17. The van der Waals surface area contributed by atoms with Gasteiger partial charge in [-0.1, -0.05) is 30.3 Å². The molecule has 0 fully saturated rings. The summed E-state index contributed by atoms with van der Waals surface area (Å²) >= 11 is 0. The standard InChI is InChI=1S/C22H34N6O7/c1-24-18(29)12-27-22(33)17(11-16-5-3-2-4-6-16)28-20(31)14-25-19(30)13-26-21(32)15-35-10-9-34-8-7-23/h2-6,17H,7-15,23H2,1H3,(H,24,29)(H,25,30)(H,26,32)(H,27,33)(H,28,31)/t17-/m0/s1. The van der Waals surface area contributed by atoms with Crippen LogP contribution in [-0.2, 0) is 39.9 Å². The van der Waals surface area contributed by atoms with Gasteiger partial charge in [0, 0.05) is 20.0 Å². The lowest BCUT2D eigenvalue weighted by Gasteiger charge is -2.19. The van der Waals surface area contributed by atoms with Crippen molar-refractivity contribution < 1.29 is 33.4 Å². The van der Waals surface area contributed by atoms with Gasteiger partial charge in [0.2, 0.25) is 29.5 Å². The van der Waals surface area contributed by atoms with Gasteiger partial charge in [0.1, 0.15) is 12.6 Å². The minimum absolute atomic E-state index is 0.188. The van der Waals surface area contributed by atoms with Crippen molar-refractivity contribution in [2.45, 2.75) is 12.5 Å². The van der Waals surface area contributed by atoms with E-state index in [0.717, 1.165) is 5.56 Å². The lowest BCUT2D eigenvalue weighted by Crippen LogP contribution is -2.52. The maximum absolute atomic E-state index is 12.5. The molecule has 0 radical (unpaired) electrons. The first-order valence-corrected chi connectivity index (χ1v) is 11.1. The Morgan fingerprint density at radius 2 is 1.43 bits per heavy atom. The smallest absolute Gasteiger partial charge is 0.246 e. The van der Waals surface area contributed by atoms with Gasteiger partial charge in [-0.05, 0) is 5.56 Å². The van der Waals surface area contributed by atoms with E-state index in [1.54, 1.807) is 24.3 Å². The zero-order valence-corrected chi connectivity index (χ0v) is 19.8. The summed E-state index contributed by atoms with van der Waals surface area (Å²) in [5, 5.41) is 12.1. The summed E-state index contributed by atoms with van der Waals surface area (Å²) in [7, 11) is 1.44. The molecule has 1 rings (SSSR count). The topological polar surface area (TPSA) is 190 Å². The van der Waals surface area contributed by atoms with Gasteiger partial charge in [-0.3, -0.25) is 24.0 Å². The second-order valence-corrected chi connectivity index (χ2v) is 7.21. The van der Waals surface area contributed by atoms with Crippen molar-refractivity contribution in [1.82, 2.24) is 26.6 Å². The van der Waals surface area contributed by atoms with E-state index in [0.29, 0.717) is 19.8 Å². The summed E-state index contributed by atoms with van der Waals surface area (Å²) in [5.74, 6) is -2.63. The van der Waals surface area contributed by atoms with Crippen molar-refractivity contribution in [2.75, 3.05) is 59.7 Å². The fourth-order valence-electron chi connectivity index (χ4n) is 2.62. The third kappa shape index (κ3) is 14.3. The molecule has 0 spiro atoms. The molecular weight excluding hydrogens is 460 g/mol.